The number of allylic oxidation sites excluding steroid dienone is 2. The standard InChI is InChI=1S/C33H50NO7PSi.C24H30NO7P.CH4/c1-9-40-42(36,41-10-2)20-18-34(23-27-14-12-11-13-15-27)22-25(3)16-17-28-31(37-5)26(4)29-24-39-33(35)30(29)32(28)38-19-21-43(6,7)8;1-16(13-25(11-12-33(28,29)30)14-18-7-5-4-6-8-18)9-10-19-22(26)21-20(15-32-24(21)27)17(2)23(19)31-3;/h11-16H,9-10,17-24H2,1-8H3;4-9,26H,10-15H2,1-3H3,(H2,28,29,30);1H4/b25-16+;16-9+;. The summed E-state index contributed by atoms with van der Waals surface area (Å²) in [6, 6.07) is 20.9. The minimum absolute atomic E-state index is 0. The highest BCUT2D eigenvalue weighted by Gasteiger charge is 2.34. The number of carbonyl (C=O) groups excluding carboxylic acids is 2. The van der Waals surface area contributed by atoms with Crippen LogP contribution in [0.5, 0.6) is 23.0 Å². The summed E-state index contributed by atoms with van der Waals surface area (Å²) >= 11 is 0. The predicted molar refractivity (Wildman–Crippen MR) is 307 cm³/mol. The lowest BCUT2D eigenvalue weighted by atomic mass is 9.94. The number of aromatic hydroxyl groups is 1. The zero-order valence-electron chi connectivity index (χ0n) is 46.4. The Balaban J connectivity index is 0.000000339. The van der Waals surface area contributed by atoms with Gasteiger partial charge in [-0.25, -0.2) is 9.59 Å². The number of hydrogen-bond donors (Lipinski definition) is 3. The fourth-order valence-corrected chi connectivity index (χ4v) is 12.2. The zero-order valence-corrected chi connectivity index (χ0v) is 49.2. The number of benzene rings is 4. The van der Waals surface area contributed by atoms with E-state index in [0.717, 1.165) is 50.8 Å². The van der Waals surface area contributed by atoms with Crippen LogP contribution in [0, 0.1) is 13.8 Å². The zero-order chi connectivity index (χ0) is 55.8. The van der Waals surface area contributed by atoms with Crippen molar-refractivity contribution in [2.45, 2.75) is 114 Å². The van der Waals surface area contributed by atoms with Gasteiger partial charge in [0.15, 0.2) is 0 Å². The SMILES string of the molecule is C.CCOP(=O)(CCN(C/C(C)=C/Cc1c(OC)c(C)c2c(c1OCC[Si](C)(C)C)C(=O)OC2)Cc1ccccc1)OCC.COc1c(C)c2c(c(O)c1C/C=C(\C)CN(CCP(=O)(O)O)Cc1ccccc1)C(=O)OC2. The highest BCUT2D eigenvalue weighted by Crippen LogP contribution is 2.48. The maximum Gasteiger partial charge on any atom is 0.342 e. The molecule has 2 heterocycles. The number of carbonyl (C=O) groups is 2. The summed E-state index contributed by atoms with van der Waals surface area (Å²) in [5, 5.41) is 10.8. The first-order valence-corrected chi connectivity index (χ1v) is 33.1. The number of phenolic OH excluding ortho intramolecular Hbond substituents is 1. The average molecular weight is 1120 g/mol. The molecule has 77 heavy (non-hydrogen) atoms. The highest BCUT2D eigenvalue weighted by atomic mass is 31.2. The molecule has 19 heteroatoms. The molecule has 6 rings (SSSR count). The monoisotopic (exact) mass is 1120 g/mol. The van der Waals surface area contributed by atoms with Crippen LogP contribution in [0.3, 0.4) is 0 Å². The van der Waals surface area contributed by atoms with Gasteiger partial charge in [0.25, 0.3) is 0 Å². The maximum absolute atomic E-state index is 13.2. The van der Waals surface area contributed by atoms with E-state index in [1.807, 2.05) is 94.1 Å². The van der Waals surface area contributed by atoms with E-state index in [1.165, 1.54) is 12.7 Å². The van der Waals surface area contributed by atoms with Gasteiger partial charge in [-0.15, -0.1) is 0 Å². The molecule has 0 atom stereocenters. The molecule has 0 aliphatic carbocycles. The van der Waals surface area contributed by atoms with Gasteiger partial charge in [-0.2, -0.15) is 0 Å². The Hall–Kier alpha value is -5.06. The number of nitrogens with zero attached hydrogens (tertiary/aromatic N) is 2. The van der Waals surface area contributed by atoms with Gasteiger partial charge in [0.05, 0.1) is 46.4 Å². The molecule has 0 saturated carbocycles. The molecule has 0 bridgehead atoms. The predicted octanol–water partition coefficient (Wildman–Crippen LogP) is 11.8. The molecular formula is C58H84N2O14P2Si. The summed E-state index contributed by atoms with van der Waals surface area (Å²) in [7, 11) is -5.47. The van der Waals surface area contributed by atoms with Gasteiger partial charge in [0.2, 0.25) is 0 Å². The normalized spacial score (nSPS) is 13.6. The first kappa shape index (κ1) is 64.5. The van der Waals surface area contributed by atoms with E-state index in [2.05, 4.69) is 49.7 Å². The number of fused-ring (bicyclic) bond motifs is 2. The molecule has 4 aromatic rings. The summed E-state index contributed by atoms with van der Waals surface area (Å²) in [6.07, 6.45) is 5.04. The molecule has 0 fully saturated rings. The fourth-order valence-electron chi connectivity index (χ4n) is 9.25. The number of methoxy groups -OCH3 is 2. The Morgan fingerprint density at radius 2 is 1.13 bits per heavy atom. The van der Waals surface area contributed by atoms with Crippen LogP contribution in [0.25, 0.3) is 0 Å². The molecule has 0 spiro atoms. The molecule has 16 nitrogen and oxygen atoms in total. The van der Waals surface area contributed by atoms with Gasteiger partial charge in [0, 0.05) is 69.6 Å². The van der Waals surface area contributed by atoms with Gasteiger partial charge in [-0.3, -0.25) is 18.9 Å². The van der Waals surface area contributed by atoms with E-state index in [4.69, 9.17) is 32.7 Å². The summed E-state index contributed by atoms with van der Waals surface area (Å²) < 4.78 is 64.1. The molecule has 424 valence electrons. The van der Waals surface area contributed by atoms with Gasteiger partial charge < -0.3 is 47.6 Å². The summed E-state index contributed by atoms with van der Waals surface area (Å²) in [5.41, 5.74) is 9.57. The van der Waals surface area contributed by atoms with Crippen LogP contribution >= 0.6 is 15.2 Å². The molecule has 0 aromatic heterocycles. The van der Waals surface area contributed by atoms with E-state index in [0.29, 0.717) is 99.7 Å². The van der Waals surface area contributed by atoms with Crippen LogP contribution in [0.1, 0.15) is 100 Å². The second-order valence-electron chi connectivity index (χ2n) is 20.4. The lowest BCUT2D eigenvalue weighted by molar-refractivity contribution is 0.0523. The van der Waals surface area contributed by atoms with Crippen molar-refractivity contribution in [2.75, 3.05) is 72.5 Å². The van der Waals surface area contributed by atoms with Crippen LogP contribution in [0.15, 0.2) is 84.0 Å². The minimum Gasteiger partial charge on any atom is -0.507 e. The summed E-state index contributed by atoms with van der Waals surface area (Å²) in [5.74, 6) is 0.838. The van der Waals surface area contributed by atoms with Crippen molar-refractivity contribution >= 4 is 35.2 Å². The third kappa shape index (κ3) is 18.8. The number of hydrogen-bond acceptors (Lipinski definition) is 14. The van der Waals surface area contributed by atoms with Crippen molar-refractivity contribution in [3.05, 3.63) is 140 Å². The number of cyclic esters (lactones) is 2. The number of esters is 2. The van der Waals surface area contributed by atoms with Gasteiger partial charge >= 0.3 is 27.1 Å². The van der Waals surface area contributed by atoms with Crippen LogP contribution in [0.4, 0.5) is 0 Å². The number of ether oxygens (including phenoxy) is 5. The van der Waals surface area contributed by atoms with E-state index in [1.54, 1.807) is 7.11 Å². The summed E-state index contributed by atoms with van der Waals surface area (Å²) in [6.45, 7) is 23.2. The lowest BCUT2D eigenvalue weighted by Crippen LogP contribution is -2.29. The van der Waals surface area contributed by atoms with E-state index < -0.39 is 29.2 Å². The topological polar surface area (TPSA) is 200 Å². The van der Waals surface area contributed by atoms with Crippen LogP contribution in [-0.4, -0.2) is 117 Å². The number of rotatable bonds is 28. The minimum atomic E-state index is -4.12. The van der Waals surface area contributed by atoms with Crippen LogP contribution in [-0.2, 0) is 66.8 Å². The Morgan fingerprint density at radius 3 is 1.58 bits per heavy atom. The summed E-state index contributed by atoms with van der Waals surface area (Å²) in [4.78, 5) is 47.8. The third-order valence-corrected chi connectivity index (χ3v) is 17.7. The molecule has 0 unspecified atom stereocenters. The van der Waals surface area contributed by atoms with Crippen LogP contribution < -0.4 is 14.2 Å². The van der Waals surface area contributed by atoms with E-state index in [9.17, 15) is 33.6 Å². The Morgan fingerprint density at radius 1 is 0.688 bits per heavy atom. The molecule has 0 saturated heterocycles. The quantitative estimate of drug-likeness (QED) is 0.0210. The fraction of sp³-hybridized carbons (Fsp3) is 0.483. The molecule has 0 amide bonds. The van der Waals surface area contributed by atoms with Gasteiger partial charge in [0.1, 0.15) is 47.3 Å². The molecule has 2 aliphatic heterocycles. The maximum atomic E-state index is 13.2. The largest absolute Gasteiger partial charge is 0.507 e. The molecule has 2 aliphatic rings. The van der Waals surface area contributed by atoms with E-state index in [-0.39, 0.29) is 50.6 Å². The van der Waals surface area contributed by atoms with Crippen LogP contribution in [0.2, 0.25) is 25.7 Å². The van der Waals surface area contributed by atoms with Crippen molar-refractivity contribution in [3.8, 4) is 23.0 Å². The van der Waals surface area contributed by atoms with Crippen molar-refractivity contribution in [1.82, 2.24) is 9.80 Å². The van der Waals surface area contributed by atoms with E-state index >= 15 is 0 Å². The Kier molecular flexibility index (Phi) is 24.9. The van der Waals surface area contributed by atoms with Crippen molar-refractivity contribution in [1.29, 1.82) is 0 Å². The molecular weight excluding hydrogens is 1040 g/mol. The average Bonchev–Trinajstić information content (AvgIpc) is 3.96. The third-order valence-electron chi connectivity index (χ3n) is 13.2. The van der Waals surface area contributed by atoms with Crippen molar-refractivity contribution < 1.29 is 66.3 Å². The molecule has 3 N–H and O–H groups in total. The molecule has 0 radical (unpaired) electrons. The smallest absolute Gasteiger partial charge is 0.342 e. The Labute approximate surface area is 458 Å². The second-order valence-corrected chi connectivity index (χ2v) is 30.0. The lowest BCUT2D eigenvalue weighted by Gasteiger charge is -2.25. The van der Waals surface area contributed by atoms with Crippen molar-refractivity contribution in [3.63, 3.8) is 0 Å². The highest BCUT2D eigenvalue weighted by molar-refractivity contribution is 7.53. The second kappa shape index (κ2) is 29.8. The van der Waals surface area contributed by atoms with Crippen molar-refractivity contribution in [2.24, 2.45) is 0 Å². The Bertz CT molecular complexity index is 2760. The number of phenols is 1. The first-order valence-electron chi connectivity index (χ1n) is 25.9. The molecule has 4 aromatic carbocycles. The van der Waals surface area contributed by atoms with Gasteiger partial charge in [-0.05, 0) is 82.7 Å². The first-order chi connectivity index (χ1) is 36.0. The van der Waals surface area contributed by atoms with Gasteiger partial charge in [-0.1, -0.05) is 111 Å².